The number of fused-ring (bicyclic) bond motifs is 7. The molecule has 3 saturated carbocycles. The Hall–Kier alpha value is -1.14. The van der Waals surface area contributed by atoms with Crippen LogP contribution >= 0.6 is 0 Å². The van der Waals surface area contributed by atoms with Crippen molar-refractivity contribution < 1.29 is 109 Å². The van der Waals surface area contributed by atoms with E-state index in [4.69, 9.17) is 42.6 Å². The quantitative estimate of drug-likeness (QED) is 0.0839. The molecule has 5 saturated heterocycles. The van der Waals surface area contributed by atoms with Gasteiger partial charge < -0.3 is 109 Å². The van der Waals surface area contributed by atoms with E-state index < -0.39 is 148 Å². The zero-order valence-corrected chi connectivity index (χ0v) is 42.7. The summed E-state index contributed by atoms with van der Waals surface area (Å²) in [6, 6.07) is 0. The van der Waals surface area contributed by atoms with Crippen LogP contribution in [0.3, 0.4) is 0 Å². The van der Waals surface area contributed by atoms with Gasteiger partial charge in [0, 0.05) is 12.3 Å². The Morgan fingerprint density at radius 2 is 1.23 bits per heavy atom. The lowest BCUT2D eigenvalue weighted by atomic mass is 9.47. The summed E-state index contributed by atoms with van der Waals surface area (Å²) < 4.78 is 54.6. The molecule has 8 fully saturated rings. The fraction of sp³-hybridized carbons (Fsp3) is 0.961. The lowest BCUT2D eigenvalue weighted by molar-refractivity contribution is -0.388. The fourth-order valence-corrected chi connectivity index (χ4v) is 14.9. The van der Waals surface area contributed by atoms with Crippen molar-refractivity contribution in [2.45, 2.75) is 240 Å². The van der Waals surface area contributed by atoms with E-state index in [0.29, 0.717) is 43.4 Å². The van der Waals surface area contributed by atoms with Gasteiger partial charge in [0.2, 0.25) is 0 Å². The van der Waals surface area contributed by atoms with Crippen LogP contribution in [0.1, 0.15) is 99.3 Å². The molecule has 22 nitrogen and oxygen atoms in total. The number of allylic oxidation sites excluding steroid dienone is 1. The highest BCUT2D eigenvalue weighted by Crippen LogP contribution is 2.70. The monoisotopic (exact) mass is 1050 g/mol. The lowest BCUT2D eigenvalue weighted by Crippen LogP contribution is -2.66. The SMILES string of the molecule is C[C@H](CC[C@@]1(O)O[C@H]2C[C@H]3[C@@H]4CC=C5C[C@@H](O[C@@H]6O[C@H](CO)[C@@H](O[C@@H]7O[C@@H](C)[C@H](O)[C@@H](O)[C@H]7O)[C@H](O)[C@H]6O[C@@H]6O[C@@H](C)[C@H](O)[C@@H](O)[C@H]6O)CC[C@]5(C)[C@H]4CC[C@]3(C)[C@H]2[C@@H]1C)CO[C@@H]1O[C@H](CO)[C@@H](O)[C@H](O)[C@H]1O. The first-order valence-electron chi connectivity index (χ1n) is 26.8. The van der Waals surface area contributed by atoms with E-state index in [9.17, 15) is 66.4 Å². The molecule has 9 aliphatic rings. The van der Waals surface area contributed by atoms with Gasteiger partial charge in [0.05, 0.1) is 44.2 Å². The molecule has 0 spiro atoms. The molecular formula is C51H84O22. The highest BCUT2D eigenvalue weighted by Gasteiger charge is 2.68. The average molecular weight is 1050 g/mol. The summed E-state index contributed by atoms with van der Waals surface area (Å²) in [5.74, 6) is -0.232. The van der Waals surface area contributed by atoms with Crippen molar-refractivity contribution in [3.63, 3.8) is 0 Å². The largest absolute Gasteiger partial charge is 0.394 e. The molecule has 0 amide bonds. The number of hydrogen-bond acceptors (Lipinski definition) is 22. The first-order chi connectivity index (χ1) is 34.5. The van der Waals surface area contributed by atoms with Crippen molar-refractivity contribution in [2.75, 3.05) is 19.8 Å². The maximum atomic E-state index is 12.1. The van der Waals surface area contributed by atoms with Crippen LogP contribution in [0.25, 0.3) is 0 Å². The minimum atomic E-state index is -1.75. The second kappa shape index (κ2) is 21.8. The van der Waals surface area contributed by atoms with E-state index in [0.717, 1.165) is 32.1 Å². The van der Waals surface area contributed by atoms with Crippen molar-refractivity contribution in [2.24, 2.45) is 46.3 Å². The third-order valence-corrected chi connectivity index (χ3v) is 19.5. The molecule has 5 heterocycles. The summed E-state index contributed by atoms with van der Waals surface area (Å²) in [6.45, 7) is 10.7. The van der Waals surface area contributed by atoms with Gasteiger partial charge in [0.15, 0.2) is 30.9 Å². The minimum absolute atomic E-state index is 0.0589. The van der Waals surface area contributed by atoms with Crippen molar-refractivity contribution in [3.8, 4) is 0 Å². The predicted octanol–water partition coefficient (Wildman–Crippen LogP) is -1.98. The van der Waals surface area contributed by atoms with E-state index in [1.165, 1.54) is 19.4 Å². The van der Waals surface area contributed by atoms with E-state index in [-0.39, 0.29) is 41.3 Å². The Labute approximate surface area is 426 Å². The summed E-state index contributed by atoms with van der Waals surface area (Å²) >= 11 is 0. The van der Waals surface area contributed by atoms with Crippen molar-refractivity contribution >= 4 is 0 Å². The van der Waals surface area contributed by atoms with Gasteiger partial charge >= 0.3 is 0 Å². The number of aliphatic hydroxyl groups excluding tert-OH is 12. The zero-order valence-electron chi connectivity index (χ0n) is 42.7. The molecule has 4 aliphatic carbocycles. The Balaban J connectivity index is 0.846. The van der Waals surface area contributed by atoms with Gasteiger partial charge in [0.1, 0.15) is 85.5 Å². The van der Waals surface area contributed by atoms with Crippen LogP contribution in [0.5, 0.6) is 0 Å². The molecule has 73 heavy (non-hydrogen) atoms. The molecule has 0 aromatic carbocycles. The number of hydrogen-bond donors (Lipinski definition) is 13. The molecule has 22 heteroatoms. The molecule has 0 bridgehead atoms. The molecule has 0 unspecified atom stereocenters. The van der Waals surface area contributed by atoms with Crippen molar-refractivity contribution in [1.82, 2.24) is 0 Å². The summed E-state index contributed by atoms with van der Waals surface area (Å²) in [5.41, 5.74) is 1.07. The highest BCUT2D eigenvalue weighted by atomic mass is 16.8. The average Bonchev–Trinajstić information content (AvgIpc) is 3.80. The van der Waals surface area contributed by atoms with Crippen LogP contribution in [0.15, 0.2) is 11.6 Å². The standard InChI is InChI=1S/C51H84O22/c1-20(19-65-45-39(60)38(59)35(56)30(17-52)69-45)9-14-51(64)21(2)32-29(73-51)16-28-26-8-7-24-15-25(10-12-49(24,5)27(26)11-13-50(28,32)6)68-48-44(72-47-41(62)37(58)34(55)23(4)67-47)42(63)43(31(18-53)70-48)71-46-40(61)36(57)33(54)22(3)66-46/h7,20-23,25-48,52-64H,8-19H2,1-6H3/t20-,21+,22+,23+,25+,26-,27+,28+,29+,30-,31-,32+,33+,34+,35-,36-,37-,38+,39-,40-,41-,42+,43-,44-,45-,46+,47+,48-,49+,50+,51-/m1/s1. The molecule has 420 valence electrons. The van der Waals surface area contributed by atoms with Crippen LogP contribution in [0.4, 0.5) is 0 Å². The first-order valence-corrected chi connectivity index (χ1v) is 26.8. The highest BCUT2D eigenvalue weighted by molar-refractivity contribution is 5.26. The van der Waals surface area contributed by atoms with Crippen LogP contribution in [0.2, 0.25) is 0 Å². The molecule has 5 aliphatic heterocycles. The fourth-order valence-electron chi connectivity index (χ4n) is 14.9. The Kier molecular flexibility index (Phi) is 16.9. The predicted molar refractivity (Wildman–Crippen MR) is 249 cm³/mol. The van der Waals surface area contributed by atoms with Gasteiger partial charge in [0.25, 0.3) is 0 Å². The Morgan fingerprint density at radius 3 is 1.86 bits per heavy atom. The molecule has 0 radical (unpaired) electrons. The number of rotatable bonds is 14. The maximum Gasteiger partial charge on any atom is 0.187 e. The van der Waals surface area contributed by atoms with Gasteiger partial charge in [-0.3, -0.25) is 0 Å². The van der Waals surface area contributed by atoms with Gasteiger partial charge in [-0.15, -0.1) is 0 Å². The second-order valence-electron chi connectivity index (χ2n) is 23.8. The van der Waals surface area contributed by atoms with Crippen LogP contribution in [-0.2, 0) is 42.6 Å². The Morgan fingerprint density at radius 1 is 0.644 bits per heavy atom. The lowest BCUT2D eigenvalue weighted by Gasteiger charge is -2.58. The number of aliphatic hydroxyl groups is 13. The van der Waals surface area contributed by atoms with Gasteiger partial charge in [-0.05, 0) is 106 Å². The first kappa shape index (κ1) is 56.6. The molecule has 9 rings (SSSR count). The zero-order chi connectivity index (χ0) is 52.8. The van der Waals surface area contributed by atoms with Crippen LogP contribution in [-0.4, -0.2) is 227 Å². The van der Waals surface area contributed by atoms with E-state index in [1.54, 1.807) is 0 Å². The minimum Gasteiger partial charge on any atom is -0.394 e. The van der Waals surface area contributed by atoms with E-state index >= 15 is 0 Å². The third kappa shape index (κ3) is 10.2. The summed E-state index contributed by atoms with van der Waals surface area (Å²) in [6.07, 6.45) is -20.5. The Bertz CT molecular complexity index is 1900. The molecule has 13 N–H and O–H groups in total. The van der Waals surface area contributed by atoms with E-state index in [2.05, 4.69) is 26.8 Å². The van der Waals surface area contributed by atoms with Crippen molar-refractivity contribution in [1.29, 1.82) is 0 Å². The molecule has 0 aromatic heterocycles. The normalized spacial score (nSPS) is 55.5. The van der Waals surface area contributed by atoms with Crippen molar-refractivity contribution in [3.05, 3.63) is 11.6 Å². The summed E-state index contributed by atoms with van der Waals surface area (Å²) in [7, 11) is 0. The molecular weight excluding hydrogens is 965 g/mol. The van der Waals surface area contributed by atoms with Gasteiger partial charge in [-0.25, -0.2) is 0 Å². The topological polar surface area (TPSA) is 346 Å². The molecule has 0 aromatic rings. The smallest absolute Gasteiger partial charge is 0.187 e. The second-order valence-corrected chi connectivity index (χ2v) is 23.8. The number of ether oxygens (including phenoxy) is 9. The van der Waals surface area contributed by atoms with Gasteiger partial charge in [-0.1, -0.05) is 39.3 Å². The maximum absolute atomic E-state index is 12.1. The van der Waals surface area contributed by atoms with E-state index in [1.807, 2.05) is 6.92 Å². The van der Waals surface area contributed by atoms with Crippen LogP contribution < -0.4 is 0 Å². The molecule has 31 atom stereocenters. The summed E-state index contributed by atoms with van der Waals surface area (Å²) in [4.78, 5) is 0. The third-order valence-electron chi connectivity index (χ3n) is 19.5. The summed E-state index contributed by atoms with van der Waals surface area (Å²) in [5, 5.41) is 139. The van der Waals surface area contributed by atoms with Gasteiger partial charge in [-0.2, -0.15) is 0 Å². The van der Waals surface area contributed by atoms with Crippen LogP contribution in [0, 0.1) is 46.3 Å².